The largest absolute Gasteiger partial charge is 0.450 e. The first-order valence-electron chi connectivity index (χ1n) is 9.99. The molecular weight excluding hydrogens is 382 g/mol. The number of ether oxygens (including phenoxy) is 1. The van der Waals surface area contributed by atoms with Gasteiger partial charge in [0.05, 0.1) is 11.4 Å². The van der Waals surface area contributed by atoms with E-state index in [0.29, 0.717) is 11.0 Å². The molecule has 0 bridgehead atoms. The van der Waals surface area contributed by atoms with Crippen LogP contribution >= 0.6 is 0 Å². The molecule has 0 saturated heterocycles. The summed E-state index contributed by atoms with van der Waals surface area (Å²) in [6.07, 6.45) is 2.87. The van der Waals surface area contributed by atoms with E-state index in [1.807, 2.05) is 25.1 Å². The quantitative estimate of drug-likeness (QED) is 0.617. The van der Waals surface area contributed by atoms with Crippen molar-refractivity contribution in [3.05, 3.63) is 81.2 Å². The Bertz CT molecular complexity index is 1180. The normalized spacial score (nSPS) is 15.5. The molecular formula is C24H23NO5. The molecule has 154 valence electrons. The van der Waals surface area contributed by atoms with E-state index in [0.717, 1.165) is 36.5 Å². The maximum Gasteiger partial charge on any atom is 0.374 e. The molecule has 1 aliphatic rings. The molecule has 0 radical (unpaired) electrons. The smallest absolute Gasteiger partial charge is 0.374 e. The molecule has 1 aromatic heterocycles. The summed E-state index contributed by atoms with van der Waals surface area (Å²) in [6.45, 7) is 1.46. The lowest BCUT2D eigenvalue weighted by molar-refractivity contribution is -0.135. The molecule has 1 atom stereocenters. The molecule has 6 nitrogen and oxygen atoms in total. The molecule has 2 aromatic carbocycles. The predicted octanol–water partition coefficient (Wildman–Crippen LogP) is 3.79. The van der Waals surface area contributed by atoms with Crippen molar-refractivity contribution < 1.29 is 18.7 Å². The number of hydrogen-bond donors (Lipinski definition) is 0. The van der Waals surface area contributed by atoms with Crippen LogP contribution in [0.4, 0.5) is 0 Å². The van der Waals surface area contributed by atoms with Gasteiger partial charge in [-0.05, 0) is 49.4 Å². The van der Waals surface area contributed by atoms with Gasteiger partial charge in [-0.3, -0.25) is 9.59 Å². The highest BCUT2D eigenvalue weighted by molar-refractivity contribution is 5.90. The van der Waals surface area contributed by atoms with E-state index in [2.05, 4.69) is 6.07 Å². The fraction of sp³-hybridized carbons (Fsp3) is 0.292. The molecule has 1 amide bonds. The molecule has 4 rings (SSSR count). The Kier molecular flexibility index (Phi) is 5.40. The summed E-state index contributed by atoms with van der Waals surface area (Å²) >= 11 is 0. The van der Waals surface area contributed by atoms with Crippen LogP contribution < -0.4 is 5.43 Å². The minimum absolute atomic E-state index is 0.0389. The fourth-order valence-corrected chi connectivity index (χ4v) is 3.98. The van der Waals surface area contributed by atoms with Gasteiger partial charge in [-0.25, -0.2) is 4.79 Å². The topological polar surface area (TPSA) is 76.8 Å². The maximum absolute atomic E-state index is 12.7. The standard InChI is InChI=1S/C24H23NO5/c1-15-10-11-21-18(12-15)20(26)13-22(30-21)24(28)29-14-23(27)25(2)19-9-5-7-16-6-3-4-8-17(16)19/h3-4,6,8,10-13,19H,5,7,9,14H2,1-2H3/t19-/m1/s1. The van der Waals surface area contributed by atoms with Gasteiger partial charge in [-0.15, -0.1) is 0 Å². The molecule has 0 aliphatic heterocycles. The van der Waals surface area contributed by atoms with E-state index < -0.39 is 12.6 Å². The van der Waals surface area contributed by atoms with E-state index in [4.69, 9.17) is 9.15 Å². The third-order valence-electron chi connectivity index (χ3n) is 5.61. The molecule has 0 fully saturated rings. The lowest BCUT2D eigenvalue weighted by Gasteiger charge is -2.33. The van der Waals surface area contributed by atoms with Crippen LogP contribution in [0.25, 0.3) is 11.0 Å². The summed E-state index contributed by atoms with van der Waals surface area (Å²) in [6, 6.07) is 14.3. The molecule has 0 N–H and O–H groups in total. The highest BCUT2D eigenvalue weighted by Crippen LogP contribution is 2.33. The molecule has 6 heteroatoms. The number of amides is 1. The zero-order valence-corrected chi connectivity index (χ0v) is 17.0. The summed E-state index contributed by atoms with van der Waals surface area (Å²) in [5, 5.41) is 0.401. The van der Waals surface area contributed by atoms with Gasteiger partial charge in [0.15, 0.2) is 12.0 Å². The van der Waals surface area contributed by atoms with E-state index in [9.17, 15) is 14.4 Å². The lowest BCUT2D eigenvalue weighted by atomic mass is 9.87. The van der Waals surface area contributed by atoms with Crippen LogP contribution in [0.15, 0.2) is 57.7 Å². The Labute approximate surface area is 174 Å². The first-order chi connectivity index (χ1) is 14.4. The predicted molar refractivity (Wildman–Crippen MR) is 112 cm³/mol. The highest BCUT2D eigenvalue weighted by Gasteiger charge is 2.27. The Morgan fingerprint density at radius 2 is 1.97 bits per heavy atom. The van der Waals surface area contributed by atoms with Gasteiger partial charge in [0.2, 0.25) is 5.76 Å². The number of hydrogen-bond acceptors (Lipinski definition) is 5. The van der Waals surface area contributed by atoms with Crippen molar-refractivity contribution in [3.8, 4) is 0 Å². The van der Waals surface area contributed by atoms with Crippen molar-refractivity contribution in [1.82, 2.24) is 4.90 Å². The minimum Gasteiger partial charge on any atom is -0.450 e. The number of fused-ring (bicyclic) bond motifs is 2. The minimum atomic E-state index is -0.833. The Hall–Kier alpha value is -3.41. The zero-order valence-electron chi connectivity index (χ0n) is 17.0. The van der Waals surface area contributed by atoms with Gasteiger partial charge >= 0.3 is 5.97 Å². The summed E-state index contributed by atoms with van der Waals surface area (Å²) < 4.78 is 10.7. The van der Waals surface area contributed by atoms with Gasteiger partial charge in [0.25, 0.3) is 5.91 Å². The van der Waals surface area contributed by atoms with Crippen molar-refractivity contribution in [3.63, 3.8) is 0 Å². The first kappa shape index (κ1) is 19.9. The number of rotatable bonds is 4. The summed E-state index contributed by atoms with van der Waals surface area (Å²) in [5.74, 6) is -1.35. The number of aryl methyl sites for hydroxylation is 2. The Morgan fingerprint density at radius 3 is 2.80 bits per heavy atom. The fourth-order valence-electron chi connectivity index (χ4n) is 3.98. The number of nitrogens with zero attached hydrogens (tertiary/aromatic N) is 1. The molecule has 0 spiro atoms. The van der Waals surface area contributed by atoms with Gasteiger partial charge in [0.1, 0.15) is 5.58 Å². The van der Waals surface area contributed by atoms with Crippen LogP contribution in [0, 0.1) is 6.92 Å². The van der Waals surface area contributed by atoms with Crippen LogP contribution in [0.5, 0.6) is 0 Å². The second-order valence-corrected chi connectivity index (χ2v) is 7.66. The van der Waals surface area contributed by atoms with Crippen LogP contribution in [0.3, 0.4) is 0 Å². The SMILES string of the molecule is Cc1ccc2oc(C(=O)OCC(=O)N(C)[C@@H]3CCCc4ccccc43)cc(=O)c2c1. The van der Waals surface area contributed by atoms with Crippen molar-refractivity contribution in [2.24, 2.45) is 0 Å². The zero-order chi connectivity index (χ0) is 21.3. The number of likely N-dealkylation sites (N-methyl/N-ethyl adjacent to an activating group) is 1. The maximum atomic E-state index is 12.7. The van der Waals surface area contributed by atoms with E-state index in [-0.39, 0.29) is 23.1 Å². The second kappa shape index (κ2) is 8.14. The van der Waals surface area contributed by atoms with Crippen molar-refractivity contribution >= 4 is 22.8 Å². The third-order valence-corrected chi connectivity index (χ3v) is 5.61. The Morgan fingerprint density at radius 1 is 1.17 bits per heavy atom. The van der Waals surface area contributed by atoms with Crippen LogP contribution in [-0.2, 0) is 16.0 Å². The third kappa shape index (κ3) is 3.85. The van der Waals surface area contributed by atoms with Gasteiger partial charge < -0.3 is 14.1 Å². The summed E-state index contributed by atoms with van der Waals surface area (Å²) in [7, 11) is 1.72. The molecule has 0 saturated carbocycles. The van der Waals surface area contributed by atoms with Gasteiger partial charge in [-0.2, -0.15) is 0 Å². The lowest BCUT2D eigenvalue weighted by Crippen LogP contribution is -2.36. The number of carbonyl (C=O) groups is 2. The molecule has 1 aliphatic carbocycles. The molecule has 30 heavy (non-hydrogen) atoms. The number of esters is 1. The highest BCUT2D eigenvalue weighted by atomic mass is 16.5. The van der Waals surface area contributed by atoms with Crippen LogP contribution in [0.2, 0.25) is 0 Å². The molecule has 0 unspecified atom stereocenters. The Balaban J connectivity index is 1.45. The van der Waals surface area contributed by atoms with E-state index >= 15 is 0 Å². The summed E-state index contributed by atoms with van der Waals surface area (Å²) in [5.41, 5.74) is 3.29. The average Bonchev–Trinajstić information content (AvgIpc) is 2.76. The average molecular weight is 405 g/mol. The first-order valence-corrected chi connectivity index (χ1v) is 9.99. The van der Waals surface area contributed by atoms with Gasteiger partial charge in [0, 0.05) is 13.1 Å². The molecule has 3 aromatic rings. The number of benzene rings is 2. The summed E-state index contributed by atoms with van der Waals surface area (Å²) in [4.78, 5) is 39.0. The van der Waals surface area contributed by atoms with E-state index in [1.54, 1.807) is 30.1 Å². The number of carbonyl (C=O) groups excluding carboxylic acids is 2. The van der Waals surface area contributed by atoms with Crippen molar-refractivity contribution in [1.29, 1.82) is 0 Å². The molecule has 1 heterocycles. The van der Waals surface area contributed by atoms with E-state index in [1.165, 1.54) is 5.56 Å². The monoisotopic (exact) mass is 405 g/mol. The van der Waals surface area contributed by atoms with Crippen LogP contribution in [-0.4, -0.2) is 30.4 Å². The second-order valence-electron chi connectivity index (χ2n) is 7.66. The van der Waals surface area contributed by atoms with Crippen molar-refractivity contribution in [2.45, 2.75) is 32.2 Å². The van der Waals surface area contributed by atoms with Crippen molar-refractivity contribution in [2.75, 3.05) is 13.7 Å². The van der Waals surface area contributed by atoms with Gasteiger partial charge in [-0.1, -0.05) is 35.9 Å². The van der Waals surface area contributed by atoms with Crippen LogP contribution in [0.1, 0.15) is 46.1 Å².